The van der Waals surface area contributed by atoms with Gasteiger partial charge in [-0.2, -0.15) is 0 Å². The molecule has 0 amide bonds. The Balaban J connectivity index is 4.28. The van der Waals surface area contributed by atoms with Gasteiger partial charge in [-0.05, 0) is 51.4 Å². The SMILES string of the molecule is CCCCCCC/C=C\C/C=C\CCCCCCCCCCCC(=O)OCC(COC(=O)CCCCCCCCCCCCCCC)OC(=O)CCCCCCCCCCCCCCCCCCCCC. The summed E-state index contributed by atoms with van der Waals surface area (Å²) < 4.78 is 16.9. The summed E-state index contributed by atoms with van der Waals surface area (Å²) in [5.41, 5.74) is 0. The van der Waals surface area contributed by atoms with Crippen LogP contribution in [0.4, 0.5) is 0 Å². The molecule has 0 fully saturated rings. The lowest BCUT2D eigenvalue weighted by Gasteiger charge is -2.18. The zero-order valence-electron chi connectivity index (χ0n) is 48.0. The average Bonchev–Trinajstić information content (AvgIpc) is 3.37. The number of rotatable bonds is 59. The largest absolute Gasteiger partial charge is 0.462 e. The van der Waals surface area contributed by atoms with Crippen molar-refractivity contribution >= 4 is 17.9 Å². The summed E-state index contributed by atoms with van der Waals surface area (Å²) in [6, 6.07) is 0. The summed E-state index contributed by atoms with van der Waals surface area (Å²) in [6.45, 7) is 6.69. The van der Waals surface area contributed by atoms with Crippen molar-refractivity contribution in [1.82, 2.24) is 0 Å². The third-order valence-corrected chi connectivity index (χ3v) is 14.5. The minimum absolute atomic E-state index is 0.0663. The van der Waals surface area contributed by atoms with Crippen LogP contribution < -0.4 is 0 Å². The smallest absolute Gasteiger partial charge is 0.306 e. The molecule has 0 saturated heterocycles. The van der Waals surface area contributed by atoms with Gasteiger partial charge in [0.05, 0.1) is 0 Å². The van der Waals surface area contributed by atoms with Gasteiger partial charge in [0, 0.05) is 19.3 Å². The minimum Gasteiger partial charge on any atom is -0.462 e. The van der Waals surface area contributed by atoms with E-state index in [9.17, 15) is 14.4 Å². The van der Waals surface area contributed by atoms with E-state index in [4.69, 9.17) is 14.2 Å². The van der Waals surface area contributed by atoms with Gasteiger partial charge in [-0.3, -0.25) is 14.4 Å². The van der Waals surface area contributed by atoms with Crippen LogP contribution in [0.2, 0.25) is 0 Å². The normalized spacial score (nSPS) is 12.1. The fourth-order valence-corrected chi connectivity index (χ4v) is 9.65. The van der Waals surface area contributed by atoms with Crippen molar-refractivity contribution in [3.05, 3.63) is 24.3 Å². The fourth-order valence-electron chi connectivity index (χ4n) is 9.65. The van der Waals surface area contributed by atoms with Gasteiger partial charge in [-0.25, -0.2) is 0 Å². The van der Waals surface area contributed by atoms with Gasteiger partial charge < -0.3 is 14.2 Å². The maximum Gasteiger partial charge on any atom is 0.306 e. The van der Waals surface area contributed by atoms with E-state index in [1.165, 1.54) is 250 Å². The van der Waals surface area contributed by atoms with Gasteiger partial charge in [0.15, 0.2) is 6.10 Å². The Morgan fingerprint density at radius 2 is 0.507 bits per heavy atom. The molecule has 0 N–H and O–H groups in total. The van der Waals surface area contributed by atoms with Crippen molar-refractivity contribution in [2.45, 2.75) is 361 Å². The Kier molecular flexibility index (Phi) is 58.6. The van der Waals surface area contributed by atoms with E-state index in [0.29, 0.717) is 19.3 Å². The van der Waals surface area contributed by atoms with E-state index in [1.807, 2.05) is 0 Å². The summed E-state index contributed by atoms with van der Waals surface area (Å²) in [7, 11) is 0. The molecule has 0 heterocycles. The summed E-state index contributed by atoms with van der Waals surface area (Å²) in [4.78, 5) is 38.3. The lowest BCUT2D eigenvalue weighted by Crippen LogP contribution is -2.30. The highest BCUT2D eigenvalue weighted by molar-refractivity contribution is 5.71. The maximum atomic E-state index is 12.9. The molecule has 0 aliphatic carbocycles. The first-order valence-electron chi connectivity index (χ1n) is 31.8. The van der Waals surface area contributed by atoms with Crippen molar-refractivity contribution in [1.29, 1.82) is 0 Å². The van der Waals surface area contributed by atoms with Gasteiger partial charge >= 0.3 is 17.9 Å². The predicted octanol–water partition coefficient (Wildman–Crippen LogP) is 21.4. The van der Waals surface area contributed by atoms with Crippen molar-refractivity contribution in [2.24, 2.45) is 0 Å². The van der Waals surface area contributed by atoms with Gasteiger partial charge in [-0.15, -0.1) is 0 Å². The second kappa shape index (κ2) is 60.4. The van der Waals surface area contributed by atoms with Crippen LogP contribution in [0, 0.1) is 0 Å². The van der Waals surface area contributed by atoms with Gasteiger partial charge in [0.1, 0.15) is 13.2 Å². The molecule has 0 spiro atoms. The number of unbranched alkanes of at least 4 members (excludes halogenated alkanes) is 44. The summed E-state index contributed by atoms with van der Waals surface area (Å²) in [5, 5.41) is 0. The van der Waals surface area contributed by atoms with Crippen LogP contribution in [0.5, 0.6) is 0 Å². The van der Waals surface area contributed by atoms with Crippen LogP contribution in [0.1, 0.15) is 355 Å². The molecule has 0 aliphatic rings. The van der Waals surface area contributed by atoms with Gasteiger partial charge in [0.2, 0.25) is 0 Å². The lowest BCUT2D eigenvalue weighted by atomic mass is 10.0. The monoisotopic (exact) mass is 999 g/mol. The first-order valence-corrected chi connectivity index (χ1v) is 31.8. The van der Waals surface area contributed by atoms with Gasteiger partial charge in [-0.1, -0.05) is 308 Å². The third-order valence-electron chi connectivity index (χ3n) is 14.5. The third kappa shape index (κ3) is 58.7. The Labute approximate surface area is 443 Å². The Morgan fingerprint density at radius 3 is 0.775 bits per heavy atom. The second-order valence-electron chi connectivity index (χ2n) is 21.7. The Morgan fingerprint density at radius 1 is 0.282 bits per heavy atom. The molecule has 71 heavy (non-hydrogen) atoms. The van der Waals surface area contributed by atoms with E-state index in [1.54, 1.807) is 0 Å². The molecule has 0 aromatic rings. The van der Waals surface area contributed by atoms with Crippen LogP contribution in [-0.4, -0.2) is 37.2 Å². The zero-order chi connectivity index (χ0) is 51.4. The first kappa shape index (κ1) is 68.9. The lowest BCUT2D eigenvalue weighted by molar-refractivity contribution is -0.167. The molecule has 6 nitrogen and oxygen atoms in total. The van der Waals surface area contributed by atoms with Crippen molar-refractivity contribution in [3.63, 3.8) is 0 Å². The maximum absolute atomic E-state index is 12.9. The molecule has 0 aliphatic heterocycles. The topological polar surface area (TPSA) is 78.9 Å². The van der Waals surface area contributed by atoms with Crippen LogP contribution in [0.15, 0.2) is 24.3 Å². The highest BCUT2D eigenvalue weighted by Gasteiger charge is 2.19. The minimum atomic E-state index is -0.768. The number of carbonyl (C=O) groups is 3. The number of ether oxygens (including phenoxy) is 3. The number of hydrogen-bond donors (Lipinski definition) is 0. The molecule has 0 rings (SSSR count). The quantitative estimate of drug-likeness (QED) is 0.0261. The van der Waals surface area contributed by atoms with Crippen molar-refractivity contribution in [2.75, 3.05) is 13.2 Å². The zero-order valence-corrected chi connectivity index (χ0v) is 48.0. The summed E-state index contributed by atoms with van der Waals surface area (Å²) in [5.74, 6) is -0.843. The van der Waals surface area contributed by atoms with Crippen molar-refractivity contribution < 1.29 is 28.6 Å². The van der Waals surface area contributed by atoms with E-state index < -0.39 is 6.10 Å². The first-order chi connectivity index (χ1) is 35.0. The van der Waals surface area contributed by atoms with Crippen LogP contribution in [0.25, 0.3) is 0 Å². The predicted molar refractivity (Wildman–Crippen MR) is 307 cm³/mol. The Hall–Kier alpha value is -2.11. The van der Waals surface area contributed by atoms with E-state index in [0.717, 1.165) is 64.2 Å². The molecule has 6 heteroatoms. The molecular formula is C65H122O6. The standard InChI is InChI=1S/C65H122O6/c1-4-7-10-13-16-19-22-25-27-29-31-32-34-35-37-40-43-46-49-52-55-58-64(67)70-61-62(60-69-63(66)57-54-51-48-45-42-39-24-21-18-15-12-9-6-3)71-65(68)59-56-53-50-47-44-41-38-36-33-30-28-26-23-20-17-14-11-8-5-2/h22,25,29,31,62H,4-21,23-24,26-28,30,32-61H2,1-3H3/b25-22-,31-29-. The van der Waals surface area contributed by atoms with Crippen LogP contribution in [0.3, 0.4) is 0 Å². The molecule has 0 aromatic heterocycles. The molecule has 1 atom stereocenters. The van der Waals surface area contributed by atoms with Crippen LogP contribution >= 0.6 is 0 Å². The Bertz CT molecular complexity index is 1150. The van der Waals surface area contributed by atoms with Crippen LogP contribution in [-0.2, 0) is 28.6 Å². The molecule has 418 valence electrons. The van der Waals surface area contributed by atoms with Crippen molar-refractivity contribution in [3.8, 4) is 0 Å². The number of esters is 3. The number of hydrogen-bond acceptors (Lipinski definition) is 6. The average molecular weight is 1000 g/mol. The summed E-state index contributed by atoms with van der Waals surface area (Å²) in [6.07, 6.45) is 71.8. The molecular weight excluding hydrogens is 877 g/mol. The number of allylic oxidation sites excluding steroid dienone is 4. The highest BCUT2D eigenvalue weighted by atomic mass is 16.6. The highest BCUT2D eigenvalue weighted by Crippen LogP contribution is 2.18. The molecule has 1 unspecified atom stereocenters. The molecule has 0 aromatic carbocycles. The molecule has 0 bridgehead atoms. The summed E-state index contributed by atoms with van der Waals surface area (Å²) >= 11 is 0. The fraction of sp³-hybridized carbons (Fsp3) is 0.892. The van der Waals surface area contributed by atoms with Gasteiger partial charge in [0.25, 0.3) is 0 Å². The van der Waals surface area contributed by atoms with E-state index in [-0.39, 0.29) is 31.1 Å². The molecule has 0 radical (unpaired) electrons. The van der Waals surface area contributed by atoms with E-state index >= 15 is 0 Å². The van der Waals surface area contributed by atoms with E-state index in [2.05, 4.69) is 45.1 Å². The second-order valence-corrected chi connectivity index (χ2v) is 21.7. The number of carbonyl (C=O) groups excluding carboxylic acids is 3. The molecule has 0 saturated carbocycles.